The zero-order valence-electron chi connectivity index (χ0n) is 13.0. The third kappa shape index (κ3) is 5.06. The van der Waals surface area contributed by atoms with E-state index in [-0.39, 0.29) is 42.4 Å². The Labute approximate surface area is 148 Å². The predicted octanol–water partition coefficient (Wildman–Crippen LogP) is 2.54. The Kier molecular flexibility index (Phi) is 9.50. The number of thiazole rings is 1. The van der Waals surface area contributed by atoms with Gasteiger partial charge in [0.15, 0.2) is 0 Å². The number of ether oxygens (including phenoxy) is 1. The number of hydrogen-bond acceptors (Lipinski definition) is 5. The van der Waals surface area contributed by atoms with Gasteiger partial charge in [-0.25, -0.2) is 4.98 Å². The van der Waals surface area contributed by atoms with Crippen molar-refractivity contribution in [3.05, 3.63) is 16.1 Å². The molecular weight excluding hydrogens is 345 g/mol. The monoisotopic (exact) mass is 369 g/mol. The molecule has 1 atom stereocenters. The average molecular weight is 370 g/mol. The minimum atomic E-state index is -0.275. The van der Waals surface area contributed by atoms with Gasteiger partial charge in [0.25, 0.3) is 0 Å². The van der Waals surface area contributed by atoms with Crippen LogP contribution in [-0.4, -0.2) is 30.6 Å². The molecule has 0 aromatic carbocycles. The van der Waals surface area contributed by atoms with E-state index in [9.17, 15) is 4.79 Å². The molecule has 1 fully saturated rings. The summed E-state index contributed by atoms with van der Waals surface area (Å²) in [4.78, 5) is 16.8. The number of nitrogens with zero attached hydrogens (tertiary/aromatic N) is 1. The molecular formula is C14H25Cl2N3O2S. The molecule has 1 aromatic rings. The van der Waals surface area contributed by atoms with Crippen LogP contribution in [0.15, 0.2) is 5.38 Å². The van der Waals surface area contributed by atoms with Crippen LogP contribution in [0.1, 0.15) is 42.8 Å². The van der Waals surface area contributed by atoms with Gasteiger partial charge in [-0.05, 0) is 19.8 Å². The summed E-state index contributed by atoms with van der Waals surface area (Å²) in [6.07, 6.45) is 4.27. The molecule has 1 aliphatic rings. The van der Waals surface area contributed by atoms with Gasteiger partial charge in [0.05, 0.1) is 18.1 Å². The molecule has 0 spiro atoms. The number of amides is 1. The predicted molar refractivity (Wildman–Crippen MR) is 94.1 cm³/mol. The third-order valence-electron chi connectivity index (χ3n) is 3.87. The van der Waals surface area contributed by atoms with Gasteiger partial charge in [-0.15, -0.1) is 36.2 Å². The van der Waals surface area contributed by atoms with Crippen LogP contribution in [0.3, 0.4) is 0 Å². The lowest BCUT2D eigenvalue weighted by Gasteiger charge is -2.29. The number of nitrogens with one attached hydrogen (secondary N) is 1. The molecule has 1 saturated carbocycles. The fourth-order valence-electron chi connectivity index (χ4n) is 2.73. The second-order valence-corrected chi connectivity index (χ2v) is 6.29. The molecule has 1 aliphatic carbocycles. The summed E-state index contributed by atoms with van der Waals surface area (Å²) in [7, 11) is 1.58. The molecule has 8 heteroatoms. The normalized spacial score (nSPS) is 17.2. The van der Waals surface area contributed by atoms with Crippen molar-refractivity contribution in [2.24, 2.45) is 5.73 Å². The Hall–Kier alpha value is -0.400. The summed E-state index contributed by atoms with van der Waals surface area (Å²) >= 11 is 1.64. The van der Waals surface area contributed by atoms with Crippen LogP contribution in [-0.2, 0) is 15.1 Å². The van der Waals surface area contributed by atoms with E-state index in [0.717, 1.165) is 36.4 Å². The van der Waals surface area contributed by atoms with E-state index >= 15 is 0 Å². The van der Waals surface area contributed by atoms with Crippen LogP contribution in [0.2, 0.25) is 0 Å². The number of carbonyl (C=O) groups excluding carboxylic acids is 1. The van der Waals surface area contributed by atoms with Crippen molar-refractivity contribution in [3.8, 4) is 0 Å². The van der Waals surface area contributed by atoms with Crippen molar-refractivity contribution in [2.75, 3.05) is 13.7 Å². The second kappa shape index (κ2) is 9.67. The molecule has 22 heavy (non-hydrogen) atoms. The quantitative estimate of drug-likeness (QED) is 0.807. The van der Waals surface area contributed by atoms with Crippen LogP contribution in [0.25, 0.3) is 0 Å². The van der Waals surface area contributed by atoms with Gasteiger partial charge in [-0.3, -0.25) is 4.79 Å². The van der Waals surface area contributed by atoms with Crippen molar-refractivity contribution < 1.29 is 9.53 Å². The number of halogens is 2. The molecule has 0 radical (unpaired) electrons. The number of aryl methyl sites for hydroxylation is 1. The Bertz CT molecular complexity index is 461. The van der Waals surface area contributed by atoms with Gasteiger partial charge >= 0.3 is 0 Å². The smallest absolute Gasteiger partial charge is 0.223 e. The average Bonchev–Trinajstić information content (AvgIpc) is 3.06. The van der Waals surface area contributed by atoms with Gasteiger partial charge in [0.2, 0.25) is 5.91 Å². The number of aromatic nitrogens is 1. The topological polar surface area (TPSA) is 77.2 Å². The Morgan fingerprint density at radius 2 is 2.14 bits per heavy atom. The summed E-state index contributed by atoms with van der Waals surface area (Å²) in [6, 6.07) is 0. The summed E-state index contributed by atoms with van der Waals surface area (Å²) < 4.78 is 5.18. The maximum Gasteiger partial charge on any atom is 0.223 e. The molecule has 5 nitrogen and oxygen atoms in total. The SMILES string of the molecule is COC(CN)CC(=O)NC1(c2nc(C)cs2)CCCC1.Cl.Cl. The van der Waals surface area contributed by atoms with E-state index in [1.807, 2.05) is 12.3 Å². The molecule has 128 valence electrons. The van der Waals surface area contributed by atoms with Crippen LogP contribution in [0.4, 0.5) is 0 Å². The van der Waals surface area contributed by atoms with Gasteiger partial charge in [0.1, 0.15) is 5.01 Å². The van der Waals surface area contributed by atoms with Crippen LogP contribution in [0, 0.1) is 6.92 Å². The number of carbonyl (C=O) groups is 1. The molecule has 3 N–H and O–H groups in total. The van der Waals surface area contributed by atoms with E-state index in [2.05, 4.69) is 10.3 Å². The minimum Gasteiger partial charge on any atom is -0.380 e. The second-order valence-electron chi connectivity index (χ2n) is 5.43. The fourth-order valence-corrected chi connectivity index (χ4v) is 3.74. The first-order valence-corrected chi connectivity index (χ1v) is 7.94. The number of rotatable bonds is 6. The Morgan fingerprint density at radius 3 is 2.59 bits per heavy atom. The van der Waals surface area contributed by atoms with Crippen molar-refractivity contribution in [2.45, 2.75) is 50.7 Å². The van der Waals surface area contributed by atoms with E-state index in [4.69, 9.17) is 10.5 Å². The molecule has 1 aromatic heterocycles. The molecule has 1 amide bonds. The highest BCUT2D eigenvalue weighted by Gasteiger charge is 2.39. The van der Waals surface area contributed by atoms with E-state index in [1.165, 1.54) is 0 Å². The van der Waals surface area contributed by atoms with Crippen LogP contribution >= 0.6 is 36.2 Å². The molecule has 0 saturated heterocycles. The van der Waals surface area contributed by atoms with Crippen molar-refractivity contribution in [3.63, 3.8) is 0 Å². The number of methoxy groups -OCH3 is 1. The first kappa shape index (κ1) is 21.6. The van der Waals surface area contributed by atoms with Crippen molar-refractivity contribution in [1.82, 2.24) is 10.3 Å². The highest BCUT2D eigenvalue weighted by atomic mass is 35.5. The maximum atomic E-state index is 12.2. The molecule has 1 heterocycles. The van der Waals surface area contributed by atoms with Crippen LogP contribution in [0.5, 0.6) is 0 Å². The third-order valence-corrected chi connectivity index (χ3v) is 5.04. The summed E-state index contributed by atoms with van der Waals surface area (Å²) in [5, 5.41) is 6.27. The minimum absolute atomic E-state index is 0. The molecule has 0 bridgehead atoms. The lowest BCUT2D eigenvalue weighted by Crippen LogP contribution is -2.45. The highest BCUT2D eigenvalue weighted by molar-refractivity contribution is 7.09. The lowest BCUT2D eigenvalue weighted by atomic mass is 9.98. The fraction of sp³-hybridized carbons (Fsp3) is 0.714. The molecule has 2 rings (SSSR count). The largest absolute Gasteiger partial charge is 0.380 e. The molecule has 1 unspecified atom stereocenters. The van der Waals surface area contributed by atoms with Crippen molar-refractivity contribution >= 4 is 42.1 Å². The summed E-state index contributed by atoms with van der Waals surface area (Å²) in [6.45, 7) is 2.34. The van der Waals surface area contributed by atoms with Crippen molar-refractivity contribution in [1.29, 1.82) is 0 Å². The highest BCUT2D eigenvalue weighted by Crippen LogP contribution is 2.40. The van der Waals surface area contributed by atoms with Gasteiger partial charge in [-0.2, -0.15) is 0 Å². The van der Waals surface area contributed by atoms with Gasteiger partial charge in [-0.1, -0.05) is 12.8 Å². The molecule has 0 aliphatic heterocycles. The zero-order chi connectivity index (χ0) is 14.6. The van der Waals surface area contributed by atoms with Gasteiger partial charge in [0, 0.05) is 24.7 Å². The first-order chi connectivity index (χ1) is 9.59. The van der Waals surface area contributed by atoms with E-state index in [1.54, 1.807) is 18.4 Å². The zero-order valence-corrected chi connectivity index (χ0v) is 15.4. The maximum absolute atomic E-state index is 12.2. The number of nitrogens with two attached hydrogens (primary N) is 1. The standard InChI is InChI=1S/C14H23N3O2S.2ClH/c1-10-9-20-13(16-10)14(5-3-4-6-14)17-12(18)7-11(8-15)19-2;;/h9,11H,3-8,15H2,1-2H3,(H,17,18);2*1H. The Balaban J connectivity index is 0.00000220. The lowest BCUT2D eigenvalue weighted by molar-refractivity contribution is -0.125. The van der Waals surface area contributed by atoms with E-state index in [0.29, 0.717) is 13.0 Å². The first-order valence-electron chi connectivity index (χ1n) is 7.06. The Morgan fingerprint density at radius 1 is 1.50 bits per heavy atom. The summed E-state index contributed by atoms with van der Waals surface area (Å²) in [5.74, 6) is -0.00273. The summed E-state index contributed by atoms with van der Waals surface area (Å²) in [5.41, 5.74) is 6.31. The van der Waals surface area contributed by atoms with Gasteiger partial charge < -0.3 is 15.8 Å². The van der Waals surface area contributed by atoms with E-state index < -0.39 is 0 Å². The van der Waals surface area contributed by atoms with Crippen LogP contribution < -0.4 is 11.1 Å². The number of hydrogen-bond donors (Lipinski definition) is 2.